The van der Waals surface area contributed by atoms with Crippen LogP contribution in [0.5, 0.6) is 0 Å². The predicted molar refractivity (Wildman–Crippen MR) is 87.7 cm³/mol. The summed E-state index contributed by atoms with van der Waals surface area (Å²) in [4.78, 5) is 11.7. The molecule has 21 heavy (non-hydrogen) atoms. The first kappa shape index (κ1) is 18.3. The summed E-state index contributed by atoms with van der Waals surface area (Å²) in [5.41, 5.74) is 0.980. The van der Waals surface area contributed by atoms with Crippen LogP contribution in [0.3, 0.4) is 0 Å². The molecule has 0 saturated carbocycles. The minimum atomic E-state index is -3.97. The van der Waals surface area contributed by atoms with Gasteiger partial charge in [-0.15, -0.1) is 0 Å². The van der Waals surface area contributed by atoms with E-state index in [0.29, 0.717) is 13.0 Å². The highest BCUT2D eigenvalue weighted by atomic mass is 127. The Hall–Kier alpha value is -0.710. The number of methoxy groups -OCH3 is 1. The van der Waals surface area contributed by atoms with Gasteiger partial charge in [-0.2, -0.15) is 8.42 Å². The van der Waals surface area contributed by atoms with Crippen LogP contribution in [0.15, 0.2) is 24.3 Å². The number of ether oxygens (including phenoxy) is 1. The maximum absolute atomic E-state index is 11.7. The lowest BCUT2D eigenvalue weighted by Crippen LogP contribution is -2.40. The molecule has 0 radical (unpaired) electrons. The van der Waals surface area contributed by atoms with E-state index in [2.05, 4.69) is 27.9 Å². The second-order valence-corrected chi connectivity index (χ2v) is 7.32. The van der Waals surface area contributed by atoms with Crippen LogP contribution in [-0.4, -0.2) is 44.4 Å². The van der Waals surface area contributed by atoms with Crippen LogP contribution in [0.25, 0.3) is 0 Å². The fourth-order valence-electron chi connectivity index (χ4n) is 1.77. The Bertz CT molecular complexity index is 558. The van der Waals surface area contributed by atoms with Gasteiger partial charge in [0.2, 0.25) is 0 Å². The molecule has 0 aromatic heterocycles. The van der Waals surface area contributed by atoms with Gasteiger partial charge in [0, 0.05) is 3.57 Å². The third-order valence-corrected chi connectivity index (χ3v) is 4.33. The van der Waals surface area contributed by atoms with E-state index in [9.17, 15) is 13.2 Å². The van der Waals surface area contributed by atoms with Crippen LogP contribution in [0.2, 0.25) is 0 Å². The number of benzene rings is 1. The van der Waals surface area contributed by atoms with E-state index >= 15 is 0 Å². The average molecular weight is 427 g/mol. The lowest BCUT2D eigenvalue weighted by molar-refractivity contribution is -0.143. The zero-order chi connectivity index (χ0) is 15.9. The first-order valence-corrected chi connectivity index (χ1v) is 9.01. The van der Waals surface area contributed by atoms with Gasteiger partial charge in [-0.05, 0) is 59.7 Å². The molecular formula is C13H18INO5S. The van der Waals surface area contributed by atoms with E-state index in [1.807, 2.05) is 24.3 Å². The summed E-state index contributed by atoms with van der Waals surface area (Å²) >= 11 is 2.20. The number of carbonyl (C=O) groups is 1. The summed E-state index contributed by atoms with van der Waals surface area (Å²) < 4.78 is 35.7. The fourth-order valence-corrected chi connectivity index (χ4v) is 2.64. The van der Waals surface area contributed by atoms with Crippen LogP contribution in [0.1, 0.15) is 12.0 Å². The van der Waals surface area contributed by atoms with Crippen molar-refractivity contribution in [3.05, 3.63) is 33.4 Å². The van der Waals surface area contributed by atoms with Gasteiger partial charge < -0.3 is 10.1 Å². The first-order chi connectivity index (χ1) is 9.81. The molecule has 0 saturated heterocycles. The normalized spacial score (nSPS) is 12.9. The van der Waals surface area contributed by atoms with E-state index in [1.165, 1.54) is 7.11 Å². The Morgan fingerprint density at radius 3 is 2.52 bits per heavy atom. The second kappa shape index (κ2) is 8.66. The molecular weight excluding hydrogens is 409 g/mol. The highest BCUT2D eigenvalue weighted by Crippen LogP contribution is 2.09. The number of hydrogen-bond donors (Lipinski definition) is 2. The van der Waals surface area contributed by atoms with Crippen molar-refractivity contribution in [2.45, 2.75) is 18.9 Å². The summed E-state index contributed by atoms with van der Waals surface area (Å²) in [5.74, 6) is -0.738. The molecule has 0 unspecified atom stereocenters. The predicted octanol–water partition coefficient (Wildman–Crippen LogP) is 1.24. The van der Waals surface area contributed by atoms with E-state index in [-0.39, 0.29) is 12.2 Å². The Morgan fingerprint density at radius 2 is 2.00 bits per heavy atom. The van der Waals surface area contributed by atoms with Crippen LogP contribution in [-0.2, 0) is 26.1 Å². The molecule has 0 aliphatic heterocycles. The van der Waals surface area contributed by atoms with Crippen molar-refractivity contribution in [1.29, 1.82) is 0 Å². The summed E-state index contributed by atoms with van der Waals surface area (Å²) in [6.07, 6.45) is 0.675. The van der Waals surface area contributed by atoms with Gasteiger partial charge >= 0.3 is 5.97 Å². The second-order valence-electron chi connectivity index (χ2n) is 4.50. The molecule has 1 atom stereocenters. The van der Waals surface area contributed by atoms with Gasteiger partial charge in [0.1, 0.15) is 6.04 Å². The van der Waals surface area contributed by atoms with Crippen LogP contribution in [0, 0.1) is 3.57 Å². The van der Waals surface area contributed by atoms with Crippen molar-refractivity contribution in [2.75, 3.05) is 19.4 Å². The molecule has 0 spiro atoms. The molecule has 8 heteroatoms. The molecule has 118 valence electrons. The lowest BCUT2D eigenvalue weighted by Gasteiger charge is -2.16. The molecule has 1 rings (SSSR count). The van der Waals surface area contributed by atoms with Crippen molar-refractivity contribution in [3.63, 3.8) is 0 Å². The van der Waals surface area contributed by atoms with E-state index in [1.54, 1.807) is 0 Å². The zero-order valence-electron chi connectivity index (χ0n) is 11.6. The zero-order valence-corrected chi connectivity index (χ0v) is 14.6. The number of esters is 1. The number of nitrogens with one attached hydrogen (secondary N) is 1. The smallest absolute Gasteiger partial charge is 0.323 e. The minimum Gasteiger partial charge on any atom is -0.468 e. The van der Waals surface area contributed by atoms with Gasteiger partial charge in [-0.3, -0.25) is 9.35 Å². The Kier molecular flexibility index (Phi) is 7.57. The maximum Gasteiger partial charge on any atom is 0.323 e. The Balaban J connectivity index is 2.56. The summed E-state index contributed by atoms with van der Waals surface area (Å²) in [6, 6.07) is 7.21. The van der Waals surface area contributed by atoms with Crippen LogP contribution in [0.4, 0.5) is 0 Å². The van der Waals surface area contributed by atoms with Gasteiger partial charge in [0.05, 0.1) is 12.9 Å². The van der Waals surface area contributed by atoms with Crippen LogP contribution < -0.4 is 5.32 Å². The molecule has 2 N–H and O–H groups in total. The highest BCUT2D eigenvalue weighted by molar-refractivity contribution is 14.1. The van der Waals surface area contributed by atoms with Crippen molar-refractivity contribution in [2.24, 2.45) is 0 Å². The number of rotatable bonds is 8. The lowest BCUT2D eigenvalue weighted by atomic mass is 10.1. The molecule has 0 bridgehead atoms. The van der Waals surface area contributed by atoms with Gasteiger partial charge in [0.15, 0.2) is 0 Å². The van der Waals surface area contributed by atoms with Crippen LogP contribution >= 0.6 is 22.6 Å². The topological polar surface area (TPSA) is 92.7 Å². The largest absolute Gasteiger partial charge is 0.468 e. The molecule has 6 nitrogen and oxygen atoms in total. The van der Waals surface area contributed by atoms with Gasteiger partial charge in [-0.25, -0.2) is 0 Å². The summed E-state index contributed by atoms with van der Waals surface area (Å²) in [7, 11) is -2.66. The van der Waals surface area contributed by atoms with Gasteiger partial charge in [-0.1, -0.05) is 12.1 Å². The number of halogens is 1. The van der Waals surface area contributed by atoms with Crippen molar-refractivity contribution in [3.8, 4) is 0 Å². The highest BCUT2D eigenvalue weighted by Gasteiger charge is 2.19. The summed E-state index contributed by atoms with van der Waals surface area (Å²) in [5, 5.41) is 2.95. The minimum absolute atomic E-state index is 0.221. The molecule has 1 aromatic carbocycles. The maximum atomic E-state index is 11.7. The quantitative estimate of drug-likeness (QED) is 0.281. The van der Waals surface area contributed by atoms with Crippen molar-refractivity contribution < 1.29 is 22.5 Å². The molecule has 0 aliphatic carbocycles. The fraction of sp³-hybridized carbons (Fsp3) is 0.462. The van der Waals surface area contributed by atoms with Gasteiger partial charge in [0.25, 0.3) is 10.1 Å². The Morgan fingerprint density at radius 1 is 1.38 bits per heavy atom. The molecule has 1 aromatic rings. The monoisotopic (exact) mass is 427 g/mol. The van der Waals surface area contributed by atoms with E-state index < -0.39 is 22.1 Å². The molecule has 0 aliphatic rings. The third-order valence-electron chi connectivity index (χ3n) is 2.81. The molecule has 0 heterocycles. The SMILES string of the molecule is COC(=O)[C@@H](Cc1ccc(I)cc1)NCCCS(=O)(=O)O. The standard InChI is InChI=1S/C13H18INO5S/c1-20-13(16)12(15-7-2-8-21(17,18)19)9-10-3-5-11(14)6-4-10/h3-6,12,15H,2,7-9H2,1H3,(H,17,18,19)/t12-/m1/s1. The van der Waals surface area contributed by atoms with E-state index in [4.69, 9.17) is 9.29 Å². The molecule has 0 amide bonds. The summed E-state index contributed by atoms with van der Waals surface area (Å²) in [6.45, 7) is 0.296. The molecule has 0 fully saturated rings. The number of carbonyl (C=O) groups excluding carboxylic acids is 1. The van der Waals surface area contributed by atoms with Crippen molar-refractivity contribution in [1.82, 2.24) is 5.32 Å². The average Bonchev–Trinajstić information content (AvgIpc) is 2.42. The number of hydrogen-bond acceptors (Lipinski definition) is 5. The first-order valence-electron chi connectivity index (χ1n) is 6.32. The van der Waals surface area contributed by atoms with Crippen molar-refractivity contribution >= 4 is 38.7 Å². The third kappa shape index (κ3) is 7.74. The van der Waals surface area contributed by atoms with E-state index in [0.717, 1.165) is 9.13 Å². The Labute approximate surface area is 138 Å².